The number of hydrogen-bond acceptors (Lipinski definition) is 2. The van der Waals surface area contributed by atoms with Crippen molar-refractivity contribution in [3.8, 4) is 0 Å². The van der Waals surface area contributed by atoms with E-state index in [1.54, 1.807) is 18.2 Å². The zero-order chi connectivity index (χ0) is 15.1. The Hall–Kier alpha value is -1.75. The van der Waals surface area contributed by atoms with E-state index >= 15 is 0 Å². The number of amides is 3. The Bertz CT molecular complexity index is 489. The first kappa shape index (κ1) is 16.3. The highest BCUT2D eigenvalue weighted by molar-refractivity contribution is 6.34. The minimum Gasteiger partial charge on any atom is -0.355 e. The van der Waals surface area contributed by atoms with Crippen LogP contribution in [0.25, 0.3) is 0 Å². The van der Waals surface area contributed by atoms with Crippen LogP contribution in [0.15, 0.2) is 18.2 Å². The van der Waals surface area contributed by atoms with Crippen molar-refractivity contribution in [2.45, 2.75) is 20.3 Å². The van der Waals surface area contributed by atoms with Crippen molar-refractivity contribution in [2.75, 3.05) is 18.9 Å². The number of urea groups is 1. The largest absolute Gasteiger partial charge is 0.355 e. The van der Waals surface area contributed by atoms with Crippen molar-refractivity contribution < 1.29 is 9.59 Å². The van der Waals surface area contributed by atoms with Crippen LogP contribution < -0.4 is 16.0 Å². The second-order valence-electron chi connectivity index (χ2n) is 4.84. The molecule has 1 rings (SSSR count). The monoisotopic (exact) mass is 297 g/mol. The van der Waals surface area contributed by atoms with Gasteiger partial charge in [-0.1, -0.05) is 25.4 Å². The van der Waals surface area contributed by atoms with E-state index in [0.717, 1.165) is 6.42 Å². The minimum atomic E-state index is -0.283. The van der Waals surface area contributed by atoms with Crippen molar-refractivity contribution in [1.29, 1.82) is 0 Å². The zero-order valence-corrected chi connectivity index (χ0v) is 12.7. The highest BCUT2D eigenvalue weighted by atomic mass is 35.5. The predicted octanol–water partition coefficient (Wildman–Crippen LogP) is 2.87. The molecule has 0 aliphatic heterocycles. The van der Waals surface area contributed by atoms with Gasteiger partial charge in [-0.15, -0.1) is 0 Å². The molecule has 3 amide bonds. The molecule has 0 aromatic heterocycles. The molecule has 5 nitrogen and oxygen atoms in total. The molecule has 0 aliphatic carbocycles. The average Bonchev–Trinajstić information content (AvgIpc) is 2.37. The van der Waals surface area contributed by atoms with Crippen molar-refractivity contribution >= 4 is 29.2 Å². The van der Waals surface area contributed by atoms with Crippen LogP contribution >= 0.6 is 11.6 Å². The van der Waals surface area contributed by atoms with Gasteiger partial charge in [0.25, 0.3) is 5.91 Å². The van der Waals surface area contributed by atoms with Gasteiger partial charge < -0.3 is 16.0 Å². The molecule has 1 aromatic carbocycles. The van der Waals surface area contributed by atoms with Gasteiger partial charge in [0.15, 0.2) is 0 Å². The highest BCUT2D eigenvalue weighted by Crippen LogP contribution is 2.20. The molecular weight excluding hydrogens is 278 g/mol. The summed E-state index contributed by atoms with van der Waals surface area (Å²) in [4.78, 5) is 23.1. The fourth-order valence-electron chi connectivity index (χ4n) is 1.56. The van der Waals surface area contributed by atoms with Gasteiger partial charge in [-0.2, -0.15) is 0 Å². The molecule has 0 radical (unpaired) electrons. The van der Waals surface area contributed by atoms with E-state index in [0.29, 0.717) is 28.7 Å². The second-order valence-corrected chi connectivity index (χ2v) is 5.24. The first-order chi connectivity index (χ1) is 9.43. The number of carbonyl (C=O) groups is 2. The summed E-state index contributed by atoms with van der Waals surface area (Å²) in [6, 6.07) is 4.48. The molecule has 110 valence electrons. The van der Waals surface area contributed by atoms with Crippen LogP contribution in [0.5, 0.6) is 0 Å². The summed E-state index contributed by atoms with van der Waals surface area (Å²) >= 11 is 6.00. The average molecular weight is 298 g/mol. The summed E-state index contributed by atoms with van der Waals surface area (Å²) in [5.74, 6) is 0.277. The fourth-order valence-corrected chi connectivity index (χ4v) is 1.83. The van der Waals surface area contributed by atoms with E-state index in [-0.39, 0.29) is 11.9 Å². The zero-order valence-electron chi connectivity index (χ0n) is 11.9. The Morgan fingerprint density at radius 2 is 2.00 bits per heavy atom. The SMILES string of the molecule is CNC(=O)c1ccc(NC(=O)NCCC(C)C)cc1Cl. The topological polar surface area (TPSA) is 70.2 Å². The number of nitrogens with one attached hydrogen (secondary N) is 3. The molecule has 0 heterocycles. The number of benzene rings is 1. The first-order valence-corrected chi connectivity index (χ1v) is 6.88. The van der Waals surface area contributed by atoms with Gasteiger partial charge in [0, 0.05) is 19.3 Å². The van der Waals surface area contributed by atoms with Crippen LogP contribution in [0.3, 0.4) is 0 Å². The molecule has 0 saturated heterocycles. The molecular formula is C14H20ClN3O2. The van der Waals surface area contributed by atoms with Crippen LogP contribution in [0.4, 0.5) is 10.5 Å². The van der Waals surface area contributed by atoms with Gasteiger partial charge in [-0.05, 0) is 30.5 Å². The minimum absolute atomic E-state index is 0.261. The molecule has 0 saturated carbocycles. The van der Waals surface area contributed by atoms with Gasteiger partial charge in [-0.3, -0.25) is 4.79 Å². The van der Waals surface area contributed by atoms with Gasteiger partial charge in [0.1, 0.15) is 0 Å². The third kappa shape index (κ3) is 5.09. The normalized spacial score (nSPS) is 10.2. The highest BCUT2D eigenvalue weighted by Gasteiger charge is 2.10. The number of halogens is 1. The Kier molecular flexibility index (Phi) is 6.31. The van der Waals surface area contributed by atoms with E-state index in [1.807, 2.05) is 0 Å². The van der Waals surface area contributed by atoms with Gasteiger partial charge >= 0.3 is 6.03 Å². The molecule has 0 aliphatic rings. The number of carbonyl (C=O) groups excluding carboxylic acids is 2. The van der Waals surface area contributed by atoms with E-state index in [4.69, 9.17) is 11.6 Å². The molecule has 0 bridgehead atoms. The quantitative estimate of drug-likeness (QED) is 0.782. The lowest BCUT2D eigenvalue weighted by atomic mass is 10.1. The molecule has 3 N–H and O–H groups in total. The van der Waals surface area contributed by atoms with Crippen molar-refractivity contribution in [2.24, 2.45) is 5.92 Å². The van der Waals surface area contributed by atoms with E-state index in [9.17, 15) is 9.59 Å². The molecule has 20 heavy (non-hydrogen) atoms. The molecule has 0 fully saturated rings. The number of rotatable bonds is 5. The Morgan fingerprint density at radius 1 is 1.30 bits per heavy atom. The molecule has 1 aromatic rings. The molecule has 0 unspecified atom stereocenters. The van der Waals surface area contributed by atoms with Gasteiger partial charge in [-0.25, -0.2) is 4.79 Å². The van der Waals surface area contributed by atoms with E-state index in [1.165, 1.54) is 7.05 Å². The number of anilines is 1. The summed E-state index contributed by atoms with van der Waals surface area (Å²) in [6.07, 6.45) is 0.920. The standard InChI is InChI=1S/C14H20ClN3O2/c1-9(2)6-7-17-14(20)18-10-4-5-11(12(15)8-10)13(19)16-3/h4-5,8-9H,6-7H2,1-3H3,(H,16,19)(H2,17,18,20). The summed E-state index contributed by atoms with van der Waals surface area (Å²) in [5, 5.41) is 8.23. The van der Waals surface area contributed by atoms with Crippen LogP contribution in [0.2, 0.25) is 5.02 Å². The lowest BCUT2D eigenvalue weighted by molar-refractivity contribution is 0.0963. The summed E-state index contributed by atoms with van der Waals surface area (Å²) in [7, 11) is 1.53. The van der Waals surface area contributed by atoms with E-state index in [2.05, 4.69) is 29.8 Å². The Labute approximate surface area is 124 Å². The number of hydrogen-bond donors (Lipinski definition) is 3. The predicted molar refractivity (Wildman–Crippen MR) is 81.3 cm³/mol. The third-order valence-corrected chi connectivity index (χ3v) is 3.02. The first-order valence-electron chi connectivity index (χ1n) is 6.50. The second kappa shape index (κ2) is 7.75. The van der Waals surface area contributed by atoms with Gasteiger partial charge in [0.2, 0.25) is 0 Å². The smallest absolute Gasteiger partial charge is 0.319 e. The molecule has 6 heteroatoms. The van der Waals surface area contributed by atoms with Crippen LogP contribution in [0.1, 0.15) is 30.6 Å². The van der Waals surface area contributed by atoms with Crippen LogP contribution in [0, 0.1) is 5.92 Å². The fraction of sp³-hybridized carbons (Fsp3) is 0.429. The Morgan fingerprint density at radius 3 is 2.55 bits per heavy atom. The maximum atomic E-state index is 11.6. The Balaban J connectivity index is 2.58. The maximum absolute atomic E-state index is 11.6. The third-order valence-electron chi connectivity index (χ3n) is 2.71. The van der Waals surface area contributed by atoms with Crippen molar-refractivity contribution in [1.82, 2.24) is 10.6 Å². The molecule has 0 atom stereocenters. The van der Waals surface area contributed by atoms with Crippen molar-refractivity contribution in [3.05, 3.63) is 28.8 Å². The van der Waals surface area contributed by atoms with E-state index < -0.39 is 0 Å². The summed E-state index contributed by atoms with van der Waals surface area (Å²) in [5.41, 5.74) is 0.921. The lowest BCUT2D eigenvalue weighted by Crippen LogP contribution is -2.30. The van der Waals surface area contributed by atoms with Crippen LogP contribution in [-0.4, -0.2) is 25.5 Å². The summed E-state index contributed by atoms with van der Waals surface area (Å²) in [6.45, 7) is 4.81. The van der Waals surface area contributed by atoms with Gasteiger partial charge in [0.05, 0.1) is 10.6 Å². The van der Waals surface area contributed by atoms with Crippen LogP contribution in [-0.2, 0) is 0 Å². The lowest BCUT2D eigenvalue weighted by Gasteiger charge is -2.10. The maximum Gasteiger partial charge on any atom is 0.319 e. The summed E-state index contributed by atoms with van der Waals surface area (Å²) < 4.78 is 0. The molecule has 0 spiro atoms. The van der Waals surface area contributed by atoms with Crippen molar-refractivity contribution in [3.63, 3.8) is 0 Å².